The Morgan fingerprint density at radius 1 is 1.00 bits per heavy atom. The van der Waals surface area contributed by atoms with Crippen LogP contribution in [0.25, 0.3) is 0 Å². The molecule has 1 saturated heterocycles. The van der Waals surface area contributed by atoms with Gasteiger partial charge in [0.25, 0.3) is 0 Å². The van der Waals surface area contributed by atoms with Gasteiger partial charge in [-0.1, -0.05) is 24.3 Å². The highest BCUT2D eigenvalue weighted by Gasteiger charge is 2.25. The van der Waals surface area contributed by atoms with Gasteiger partial charge in [-0.2, -0.15) is 0 Å². The Labute approximate surface area is 144 Å². The molecule has 1 aliphatic heterocycles. The van der Waals surface area contributed by atoms with E-state index in [1.54, 1.807) is 12.1 Å². The largest absolute Gasteiger partial charge is 0.508 e. The molecule has 0 aromatic heterocycles. The van der Waals surface area contributed by atoms with Crippen molar-refractivity contribution in [3.8, 4) is 5.75 Å². The molecule has 0 saturated carbocycles. The molecular weight excluding hydrogens is 298 g/mol. The van der Waals surface area contributed by atoms with Crippen LogP contribution in [0.15, 0.2) is 42.5 Å². The molecule has 1 unspecified atom stereocenters. The molecule has 1 fully saturated rings. The van der Waals surface area contributed by atoms with E-state index in [4.69, 9.17) is 5.73 Å². The fourth-order valence-electron chi connectivity index (χ4n) is 3.55. The Bertz CT molecular complexity index is 676. The summed E-state index contributed by atoms with van der Waals surface area (Å²) in [7, 11) is 0. The van der Waals surface area contributed by atoms with Crippen molar-refractivity contribution in [2.75, 3.05) is 37.6 Å². The maximum atomic E-state index is 9.48. The molecule has 0 aliphatic carbocycles. The second-order valence-corrected chi connectivity index (χ2v) is 6.59. The fraction of sp³-hybridized carbons (Fsp3) is 0.400. The van der Waals surface area contributed by atoms with Crippen LogP contribution in [-0.4, -0.2) is 42.7 Å². The topological polar surface area (TPSA) is 52.7 Å². The molecule has 128 valence electrons. The normalized spacial score (nSPS) is 17.0. The van der Waals surface area contributed by atoms with Crippen LogP contribution in [0.4, 0.5) is 5.69 Å². The van der Waals surface area contributed by atoms with E-state index >= 15 is 0 Å². The smallest absolute Gasteiger partial charge is 0.115 e. The van der Waals surface area contributed by atoms with Crippen molar-refractivity contribution in [2.24, 2.45) is 5.73 Å². The average Bonchev–Trinajstić information content (AvgIpc) is 2.60. The molecule has 2 aromatic carbocycles. The number of anilines is 1. The van der Waals surface area contributed by atoms with Gasteiger partial charge < -0.3 is 15.7 Å². The summed E-state index contributed by atoms with van der Waals surface area (Å²) in [6.07, 6.45) is 0. The van der Waals surface area contributed by atoms with E-state index in [0.717, 1.165) is 26.2 Å². The van der Waals surface area contributed by atoms with Crippen LogP contribution in [0, 0.1) is 13.8 Å². The summed E-state index contributed by atoms with van der Waals surface area (Å²) in [4.78, 5) is 4.93. The van der Waals surface area contributed by atoms with Crippen molar-refractivity contribution in [3.63, 3.8) is 0 Å². The quantitative estimate of drug-likeness (QED) is 0.907. The maximum absolute atomic E-state index is 9.48. The van der Waals surface area contributed by atoms with E-state index in [0.29, 0.717) is 12.3 Å². The van der Waals surface area contributed by atoms with Crippen molar-refractivity contribution in [1.29, 1.82) is 0 Å². The van der Waals surface area contributed by atoms with Crippen molar-refractivity contribution in [3.05, 3.63) is 59.2 Å². The Kier molecular flexibility index (Phi) is 5.07. The number of nitrogens with two attached hydrogens (primary N) is 1. The summed E-state index contributed by atoms with van der Waals surface area (Å²) in [6.45, 7) is 8.98. The Hall–Kier alpha value is -2.04. The van der Waals surface area contributed by atoms with Gasteiger partial charge in [-0.25, -0.2) is 0 Å². The minimum absolute atomic E-state index is 0.214. The minimum atomic E-state index is 0.214. The van der Waals surface area contributed by atoms with Gasteiger partial charge >= 0.3 is 0 Å². The first-order valence-electron chi connectivity index (χ1n) is 8.64. The first kappa shape index (κ1) is 16.8. The van der Waals surface area contributed by atoms with Crippen LogP contribution in [0.1, 0.15) is 22.7 Å². The zero-order chi connectivity index (χ0) is 17.1. The summed E-state index contributed by atoms with van der Waals surface area (Å²) >= 11 is 0. The first-order chi connectivity index (χ1) is 11.6. The summed E-state index contributed by atoms with van der Waals surface area (Å²) in [6, 6.07) is 14.2. The Morgan fingerprint density at radius 3 is 2.29 bits per heavy atom. The Balaban J connectivity index is 1.69. The average molecular weight is 325 g/mol. The Morgan fingerprint density at radius 2 is 1.67 bits per heavy atom. The van der Waals surface area contributed by atoms with Crippen LogP contribution in [-0.2, 0) is 0 Å². The van der Waals surface area contributed by atoms with Gasteiger partial charge in [0.15, 0.2) is 0 Å². The summed E-state index contributed by atoms with van der Waals surface area (Å²) in [5.41, 5.74) is 11.3. The van der Waals surface area contributed by atoms with Gasteiger partial charge in [0.2, 0.25) is 0 Å². The van der Waals surface area contributed by atoms with Crippen LogP contribution in [0.3, 0.4) is 0 Å². The monoisotopic (exact) mass is 325 g/mol. The van der Waals surface area contributed by atoms with Crippen LogP contribution >= 0.6 is 0 Å². The lowest BCUT2D eigenvalue weighted by Crippen LogP contribution is -2.49. The molecule has 4 nitrogen and oxygen atoms in total. The number of phenolic OH excluding ortho intramolecular Hbond substituents is 1. The number of aromatic hydroxyl groups is 1. The highest BCUT2D eigenvalue weighted by molar-refractivity contribution is 5.56. The summed E-state index contributed by atoms with van der Waals surface area (Å²) in [5, 5.41) is 9.48. The maximum Gasteiger partial charge on any atom is 0.115 e. The predicted octanol–water partition coefficient (Wildman–Crippen LogP) is 2.83. The molecule has 2 aromatic rings. The lowest BCUT2D eigenvalue weighted by molar-refractivity contribution is 0.190. The van der Waals surface area contributed by atoms with E-state index in [-0.39, 0.29) is 6.04 Å². The van der Waals surface area contributed by atoms with E-state index in [1.165, 1.54) is 22.4 Å². The number of rotatable bonds is 4. The number of benzene rings is 2. The molecule has 3 N–H and O–H groups in total. The third kappa shape index (κ3) is 3.40. The van der Waals surface area contributed by atoms with E-state index < -0.39 is 0 Å². The number of phenols is 1. The third-order valence-corrected chi connectivity index (χ3v) is 5.17. The summed E-state index contributed by atoms with van der Waals surface area (Å²) < 4.78 is 0. The molecule has 0 radical (unpaired) electrons. The third-order valence-electron chi connectivity index (χ3n) is 5.17. The molecule has 1 atom stereocenters. The molecule has 4 heteroatoms. The van der Waals surface area contributed by atoms with Gasteiger partial charge in [0, 0.05) is 44.5 Å². The van der Waals surface area contributed by atoms with Crippen LogP contribution in [0.5, 0.6) is 5.75 Å². The van der Waals surface area contributed by atoms with Crippen molar-refractivity contribution >= 4 is 5.69 Å². The van der Waals surface area contributed by atoms with Crippen LogP contribution < -0.4 is 10.6 Å². The van der Waals surface area contributed by atoms with Gasteiger partial charge in [0.1, 0.15) is 5.75 Å². The zero-order valence-electron chi connectivity index (χ0n) is 14.6. The predicted molar refractivity (Wildman–Crippen MR) is 99.6 cm³/mol. The molecular formula is C20H27N3O. The van der Waals surface area contributed by atoms with Crippen molar-refractivity contribution < 1.29 is 5.11 Å². The number of piperazine rings is 1. The standard InChI is InChI=1S/C20H27N3O/c1-15-4-3-5-19(16(15)2)22-10-12-23(13-11-22)20(14-21)17-6-8-18(24)9-7-17/h3-9,20,24H,10-14,21H2,1-2H3. The summed E-state index contributed by atoms with van der Waals surface area (Å²) in [5.74, 6) is 0.300. The van der Waals surface area contributed by atoms with E-state index in [1.807, 2.05) is 12.1 Å². The molecule has 1 heterocycles. The second kappa shape index (κ2) is 7.24. The number of aryl methyl sites for hydroxylation is 1. The van der Waals surface area contributed by atoms with Gasteiger partial charge in [-0.05, 0) is 48.7 Å². The fourth-order valence-corrected chi connectivity index (χ4v) is 3.55. The number of hydrogen-bond donors (Lipinski definition) is 2. The van der Waals surface area contributed by atoms with Crippen LogP contribution in [0.2, 0.25) is 0 Å². The molecule has 0 amide bonds. The van der Waals surface area contributed by atoms with Crippen molar-refractivity contribution in [2.45, 2.75) is 19.9 Å². The molecule has 1 aliphatic rings. The van der Waals surface area contributed by atoms with E-state index in [2.05, 4.69) is 41.8 Å². The first-order valence-corrected chi connectivity index (χ1v) is 8.64. The van der Waals surface area contributed by atoms with Crippen molar-refractivity contribution in [1.82, 2.24) is 4.90 Å². The number of hydrogen-bond acceptors (Lipinski definition) is 4. The zero-order valence-corrected chi connectivity index (χ0v) is 14.6. The number of nitrogens with zero attached hydrogens (tertiary/aromatic N) is 2. The second-order valence-electron chi connectivity index (χ2n) is 6.59. The molecule has 24 heavy (non-hydrogen) atoms. The lowest BCUT2D eigenvalue weighted by Gasteiger charge is -2.40. The van der Waals surface area contributed by atoms with Gasteiger partial charge in [-0.15, -0.1) is 0 Å². The molecule has 0 bridgehead atoms. The van der Waals surface area contributed by atoms with E-state index in [9.17, 15) is 5.11 Å². The highest BCUT2D eigenvalue weighted by Crippen LogP contribution is 2.27. The lowest BCUT2D eigenvalue weighted by atomic mass is 10.0. The SMILES string of the molecule is Cc1cccc(N2CCN(C(CN)c3ccc(O)cc3)CC2)c1C. The highest BCUT2D eigenvalue weighted by atomic mass is 16.3. The molecule has 3 rings (SSSR count). The minimum Gasteiger partial charge on any atom is -0.508 e. The van der Waals surface area contributed by atoms with Gasteiger partial charge in [0.05, 0.1) is 0 Å². The van der Waals surface area contributed by atoms with Gasteiger partial charge in [-0.3, -0.25) is 4.90 Å². The molecule has 0 spiro atoms.